The molecule has 5 aromatic rings. The van der Waals surface area contributed by atoms with E-state index in [0.29, 0.717) is 23.4 Å². The third kappa shape index (κ3) is 5.05. The largest absolute Gasteiger partial charge is 0.489 e. The molecule has 0 saturated carbocycles. The highest BCUT2D eigenvalue weighted by Gasteiger charge is 2.11. The summed E-state index contributed by atoms with van der Waals surface area (Å²) in [6.45, 7) is 0.676. The number of nitrogens with one attached hydrogen (secondary N) is 1. The minimum Gasteiger partial charge on any atom is -0.489 e. The Kier molecular flexibility index (Phi) is 6.35. The zero-order valence-corrected chi connectivity index (χ0v) is 19.1. The van der Waals surface area contributed by atoms with Crippen molar-refractivity contribution in [2.75, 3.05) is 0 Å². The summed E-state index contributed by atoms with van der Waals surface area (Å²) in [4.78, 5) is 31.5. The predicted octanol–water partition coefficient (Wildman–Crippen LogP) is 4.84. The molecule has 1 N–H and O–H groups in total. The van der Waals surface area contributed by atoms with Crippen LogP contribution in [-0.2, 0) is 13.2 Å². The van der Waals surface area contributed by atoms with Crippen LogP contribution in [0.5, 0.6) is 5.75 Å². The quantitative estimate of drug-likeness (QED) is 0.252. The summed E-state index contributed by atoms with van der Waals surface area (Å²) < 4.78 is 7.82. The summed E-state index contributed by atoms with van der Waals surface area (Å²) in [6, 6.07) is 23.0. The number of fused-ring (bicyclic) bond motifs is 1. The van der Waals surface area contributed by atoms with E-state index in [1.165, 1.54) is 12.1 Å². The first-order valence-corrected chi connectivity index (χ1v) is 11.2. The molecule has 0 radical (unpaired) electrons. The molecule has 0 bridgehead atoms. The van der Waals surface area contributed by atoms with E-state index in [2.05, 4.69) is 15.3 Å². The smallest absolute Gasteiger partial charge is 0.269 e. The number of carbonyl (C=O) groups excluding carboxylic acids is 1. The lowest BCUT2D eigenvalue weighted by atomic mass is 10.1. The zero-order chi connectivity index (χ0) is 24.9. The van der Waals surface area contributed by atoms with Gasteiger partial charge >= 0.3 is 0 Å². The fourth-order valence-corrected chi connectivity index (χ4v) is 3.75. The van der Waals surface area contributed by atoms with Crippen molar-refractivity contribution in [1.29, 1.82) is 0 Å². The number of non-ortho nitro benzene ring substituents is 1. The van der Waals surface area contributed by atoms with Crippen LogP contribution in [0.15, 0.2) is 97.6 Å². The molecule has 0 atom stereocenters. The number of hydrogen-bond donors (Lipinski definition) is 1. The monoisotopic (exact) mass is 479 g/mol. The number of rotatable bonds is 8. The van der Waals surface area contributed by atoms with Gasteiger partial charge in [0, 0.05) is 42.7 Å². The standard InChI is InChI=1S/C27H21N5O4/c33-27(29-16-20-3-2-12-28-15-20)21-8-11-26-25(13-21)30-18-31(26)23-4-1-5-24(14-23)36-17-19-6-9-22(10-7-19)32(34)35/h1-15,18H,16-17H2,(H,29,33). The van der Waals surface area contributed by atoms with E-state index < -0.39 is 4.92 Å². The number of imidazole rings is 1. The second-order valence-electron chi connectivity index (χ2n) is 8.07. The molecule has 178 valence electrons. The summed E-state index contributed by atoms with van der Waals surface area (Å²) in [5.74, 6) is 0.469. The Labute approximate surface area is 206 Å². The summed E-state index contributed by atoms with van der Waals surface area (Å²) in [7, 11) is 0. The number of carbonyl (C=O) groups is 1. The van der Waals surface area contributed by atoms with Gasteiger partial charge in [-0.1, -0.05) is 12.1 Å². The first kappa shape index (κ1) is 22.7. The molecule has 36 heavy (non-hydrogen) atoms. The van der Waals surface area contributed by atoms with E-state index in [-0.39, 0.29) is 18.2 Å². The Bertz CT molecular complexity index is 1530. The summed E-state index contributed by atoms with van der Waals surface area (Å²) in [5.41, 5.74) is 4.72. The van der Waals surface area contributed by atoms with Gasteiger partial charge in [0.2, 0.25) is 0 Å². The van der Waals surface area contributed by atoms with Crippen LogP contribution in [0.3, 0.4) is 0 Å². The molecule has 9 heteroatoms. The Hall–Kier alpha value is -5.05. The predicted molar refractivity (Wildman–Crippen MR) is 134 cm³/mol. The van der Waals surface area contributed by atoms with Crippen molar-refractivity contribution in [3.8, 4) is 11.4 Å². The first-order valence-electron chi connectivity index (χ1n) is 11.2. The highest BCUT2D eigenvalue weighted by atomic mass is 16.6. The van der Waals surface area contributed by atoms with Gasteiger partial charge in [-0.25, -0.2) is 4.98 Å². The first-order chi connectivity index (χ1) is 17.6. The minimum absolute atomic E-state index is 0.0434. The number of ether oxygens (including phenoxy) is 1. The normalized spacial score (nSPS) is 10.8. The Balaban J connectivity index is 1.29. The van der Waals surface area contributed by atoms with Crippen molar-refractivity contribution in [1.82, 2.24) is 19.9 Å². The van der Waals surface area contributed by atoms with Gasteiger partial charge < -0.3 is 10.1 Å². The third-order valence-electron chi connectivity index (χ3n) is 5.63. The fraction of sp³-hybridized carbons (Fsp3) is 0.0741. The summed E-state index contributed by atoms with van der Waals surface area (Å²) in [6.07, 6.45) is 5.11. The van der Waals surface area contributed by atoms with Crippen molar-refractivity contribution in [3.05, 3.63) is 124 Å². The van der Waals surface area contributed by atoms with E-state index >= 15 is 0 Å². The van der Waals surface area contributed by atoms with Crippen LogP contribution in [0, 0.1) is 10.1 Å². The average Bonchev–Trinajstić information content (AvgIpc) is 3.35. The van der Waals surface area contributed by atoms with Gasteiger partial charge in [0.05, 0.1) is 21.6 Å². The van der Waals surface area contributed by atoms with Crippen molar-refractivity contribution in [3.63, 3.8) is 0 Å². The molecule has 0 spiro atoms. The molecule has 0 aliphatic carbocycles. The van der Waals surface area contributed by atoms with Crippen LogP contribution >= 0.6 is 0 Å². The van der Waals surface area contributed by atoms with Crippen LogP contribution in [0.25, 0.3) is 16.7 Å². The lowest BCUT2D eigenvalue weighted by molar-refractivity contribution is -0.384. The van der Waals surface area contributed by atoms with Crippen molar-refractivity contribution in [2.45, 2.75) is 13.2 Å². The van der Waals surface area contributed by atoms with Crippen LogP contribution in [0.4, 0.5) is 5.69 Å². The number of nitro benzene ring substituents is 1. The molecule has 0 fully saturated rings. The van der Waals surface area contributed by atoms with Gasteiger partial charge in [-0.3, -0.25) is 24.5 Å². The molecule has 0 aliphatic rings. The highest BCUT2D eigenvalue weighted by molar-refractivity contribution is 5.97. The highest BCUT2D eigenvalue weighted by Crippen LogP contribution is 2.23. The topological polar surface area (TPSA) is 112 Å². The molecule has 1 amide bonds. The number of aromatic nitrogens is 3. The minimum atomic E-state index is -0.429. The van der Waals surface area contributed by atoms with Crippen molar-refractivity contribution in [2.24, 2.45) is 0 Å². The fourth-order valence-electron chi connectivity index (χ4n) is 3.75. The molecule has 0 aliphatic heterocycles. The van der Waals surface area contributed by atoms with E-state index in [4.69, 9.17) is 4.74 Å². The Morgan fingerprint density at radius 3 is 2.64 bits per heavy atom. The molecular formula is C27H21N5O4. The number of benzene rings is 3. The third-order valence-corrected chi connectivity index (χ3v) is 5.63. The molecular weight excluding hydrogens is 458 g/mol. The maximum absolute atomic E-state index is 12.6. The van der Waals surface area contributed by atoms with Crippen molar-refractivity contribution >= 4 is 22.6 Å². The SMILES string of the molecule is O=C(NCc1cccnc1)c1ccc2c(c1)ncn2-c1cccc(OCc2ccc([N+](=O)[O-])cc2)c1. The van der Waals surface area contributed by atoms with Crippen LogP contribution in [0.2, 0.25) is 0 Å². The summed E-state index contributed by atoms with van der Waals surface area (Å²) >= 11 is 0. The maximum Gasteiger partial charge on any atom is 0.269 e. The van der Waals surface area contributed by atoms with E-state index in [1.807, 2.05) is 47.0 Å². The second kappa shape index (κ2) is 10.1. The lowest BCUT2D eigenvalue weighted by Gasteiger charge is -2.10. The number of nitrogens with zero attached hydrogens (tertiary/aromatic N) is 4. The number of hydrogen-bond acceptors (Lipinski definition) is 6. The van der Waals surface area contributed by atoms with Crippen LogP contribution < -0.4 is 10.1 Å². The average molecular weight is 479 g/mol. The zero-order valence-electron chi connectivity index (χ0n) is 19.1. The molecule has 2 heterocycles. The lowest BCUT2D eigenvalue weighted by Crippen LogP contribution is -2.22. The molecule has 2 aromatic heterocycles. The second-order valence-corrected chi connectivity index (χ2v) is 8.07. The van der Waals surface area contributed by atoms with Crippen LogP contribution in [0.1, 0.15) is 21.5 Å². The molecule has 0 unspecified atom stereocenters. The van der Waals surface area contributed by atoms with Gasteiger partial charge in [-0.2, -0.15) is 0 Å². The number of amides is 1. The maximum atomic E-state index is 12.6. The number of pyridine rings is 1. The van der Waals surface area contributed by atoms with E-state index in [9.17, 15) is 14.9 Å². The van der Waals surface area contributed by atoms with Crippen molar-refractivity contribution < 1.29 is 14.5 Å². The van der Waals surface area contributed by atoms with Gasteiger partial charge in [0.25, 0.3) is 11.6 Å². The molecule has 3 aromatic carbocycles. The number of nitro groups is 1. The van der Waals surface area contributed by atoms with Gasteiger partial charge in [0.1, 0.15) is 18.7 Å². The summed E-state index contributed by atoms with van der Waals surface area (Å²) in [5, 5.41) is 13.7. The van der Waals surface area contributed by atoms with Gasteiger partial charge in [-0.05, 0) is 59.7 Å². The van der Waals surface area contributed by atoms with Crippen LogP contribution in [-0.4, -0.2) is 25.4 Å². The van der Waals surface area contributed by atoms with E-state index in [0.717, 1.165) is 22.3 Å². The molecule has 5 rings (SSSR count). The van der Waals surface area contributed by atoms with E-state index in [1.54, 1.807) is 43.0 Å². The molecule has 9 nitrogen and oxygen atoms in total. The van der Waals surface area contributed by atoms with Gasteiger partial charge in [-0.15, -0.1) is 0 Å². The molecule has 0 saturated heterocycles. The Morgan fingerprint density at radius 1 is 1.00 bits per heavy atom. The van der Waals surface area contributed by atoms with Gasteiger partial charge in [0.15, 0.2) is 0 Å². The Morgan fingerprint density at radius 2 is 1.86 bits per heavy atom.